The summed E-state index contributed by atoms with van der Waals surface area (Å²) in [5.74, 6) is 2.51. The summed E-state index contributed by atoms with van der Waals surface area (Å²) in [6.45, 7) is 16.8. The summed E-state index contributed by atoms with van der Waals surface area (Å²) in [5, 5.41) is 10.6. The SMILES string of the molecule is C=C1[C@@H](O)CC[C@]2(C)[C@H]3CC=C4[C@@H]5[C@@H](C)[C@H](C)CC[C@]5(C(=O)OC)CC[C@@]4(C)[C@]3(C)CC[C@@H]12. The molecule has 0 spiro atoms. The molecule has 0 aromatic carbocycles. The largest absolute Gasteiger partial charge is 0.469 e. The maximum atomic E-state index is 13.3. The molecule has 0 saturated heterocycles. The van der Waals surface area contributed by atoms with E-state index >= 15 is 0 Å². The van der Waals surface area contributed by atoms with Crippen LogP contribution in [0.15, 0.2) is 23.8 Å². The maximum absolute atomic E-state index is 13.3. The smallest absolute Gasteiger partial charge is 0.312 e. The molecule has 3 heteroatoms. The topological polar surface area (TPSA) is 46.5 Å². The molecule has 10 atom stereocenters. The number of aliphatic hydroxyl groups excluding tert-OH is 1. The van der Waals surface area contributed by atoms with Crippen LogP contribution in [0, 0.1) is 51.2 Å². The van der Waals surface area contributed by atoms with Crippen molar-refractivity contribution in [3.63, 3.8) is 0 Å². The van der Waals surface area contributed by atoms with E-state index in [0.29, 0.717) is 29.6 Å². The molecule has 0 unspecified atom stereocenters. The van der Waals surface area contributed by atoms with Crippen LogP contribution in [0.1, 0.15) is 92.4 Å². The second-order valence-electron chi connectivity index (χ2n) is 13.4. The van der Waals surface area contributed by atoms with Gasteiger partial charge >= 0.3 is 5.97 Å². The fourth-order valence-electron chi connectivity index (χ4n) is 10.2. The Kier molecular flexibility index (Phi) is 5.34. The number of hydrogen-bond acceptors (Lipinski definition) is 3. The molecular formula is C30H46O3. The molecule has 0 radical (unpaired) electrons. The molecule has 33 heavy (non-hydrogen) atoms. The van der Waals surface area contributed by atoms with Crippen molar-refractivity contribution < 1.29 is 14.6 Å². The van der Waals surface area contributed by atoms with E-state index in [0.717, 1.165) is 56.9 Å². The Morgan fingerprint density at radius 1 is 1.06 bits per heavy atom. The highest BCUT2D eigenvalue weighted by atomic mass is 16.5. The van der Waals surface area contributed by atoms with E-state index in [1.807, 2.05) is 0 Å². The summed E-state index contributed by atoms with van der Waals surface area (Å²) in [5.41, 5.74) is 2.89. The molecule has 0 aromatic heterocycles. The fourth-order valence-corrected chi connectivity index (χ4v) is 10.2. The van der Waals surface area contributed by atoms with Crippen LogP contribution in [0.4, 0.5) is 0 Å². The minimum Gasteiger partial charge on any atom is -0.469 e. The van der Waals surface area contributed by atoms with Gasteiger partial charge in [-0.25, -0.2) is 0 Å². The summed E-state index contributed by atoms with van der Waals surface area (Å²) < 4.78 is 5.49. The highest BCUT2D eigenvalue weighted by molar-refractivity contribution is 5.78. The third-order valence-electron chi connectivity index (χ3n) is 12.7. The lowest BCUT2D eigenvalue weighted by Crippen LogP contribution is -2.63. The van der Waals surface area contributed by atoms with E-state index in [9.17, 15) is 9.90 Å². The Morgan fingerprint density at radius 3 is 2.48 bits per heavy atom. The Balaban J connectivity index is 1.61. The number of fused-ring (bicyclic) bond motifs is 7. The van der Waals surface area contributed by atoms with Crippen molar-refractivity contribution in [2.45, 2.75) is 98.5 Å². The molecule has 0 aliphatic heterocycles. The van der Waals surface area contributed by atoms with Crippen molar-refractivity contribution >= 4 is 5.97 Å². The van der Waals surface area contributed by atoms with Crippen LogP contribution >= 0.6 is 0 Å². The Morgan fingerprint density at radius 2 is 1.79 bits per heavy atom. The summed E-state index contributed by atoms with van der Waals surface area (Å²) in [6, 6.07) is 0. The van der Waals surface area contributed by atoms with Gasteiger partial charge in [0.2, 0.25) is 0 Å². The number of methoxy groups -OCH3 is 1. The minimum absolute atomic E-state index is 0.0368. The van der Waals surface area contributed by atoms with Gasteiger partial charge in [-0.05, 0) is 109 Å². The molecule has 5 aliphatic carbocycles. The minimum atomic E-state index is -0.334. The normalized spacial score (nSPS) is 53.7. The summed E-state index contributed by atoms with van der Waals surface area (Å²) in [6.07, 6.45) is 11.8. The zero-order valence-electron chi connectivity index (χ0n) is 21.9. The van der Waals surface area contributed by atoms with Crippen molar-refractivity contribution in [2.75, 3.05) is 7.11 Å². The van der Waals surface area contributed by atoms with Gasteiger partial charge in [-0.1, -0.05) is 52.8 Å². The van der Waals surface area contributed by atoms with E-state index in [1.165, 1.54) is 6.42 Å². The standard InChI is InChI=1S/C30H46O3/c1-18-10-15-30(26(32)33-7)17-16-28(5)22(25(30)19(18)2)8-9-24-27(4)13-12-23(31)20(3)21(27)11-14-29(24,28)6/h8,18-19,21,23-25,31H,3,9-17H2,1-2,4-7H3/t18-,19+,21+,23+,24-,25+,27+,28-,29-,30+/m1/s1. The average molecular weight is 455 g/mol. The number of allylic oxidation sites excluding steroid dienone is 2. The highest BCUT2D eigenvalue weighted by Gasteiger charge is 2.68. The fraction of sp³-hybridized carbons (Fsp3) is 0.833. The van der Waals surface area contributed by atoms with Crippen molar-refractivity contribution in [3.05, 3.63) is 23.8 Å². The zero-order valence-corrected chi connectivity index (χ0v) is 21.9. The highest BCUT2D eigenvalue weighted by Crippen LogP contribution is 2.74. The van der Waals surface area contributed by atoms with Crippen molar-refractivity contribution in [1.29, 1.82) is 0 Å². The summed E-state index contributed by atoms with van der Waals surface area (Å²) in [7, 11) is 1.59. The number of carbonyl (C=O) groups is 1. The third kappa shape index (κ3) is 2.81. The van der Waals surface area contributed by atoms with Gasteiger partial charge in [-0.15, -0.1) is 0 Å². The summed E-state index contributed by atoms with van der Waals surface area (Å²) in [4.78, 5) is 13.3. The van der Waals surface area contributed by atoms with Crippen LogP contribution < -0.4 is 0 Å². The van der Waals surface area contributed by atoms with Crippen molar-refractivity contribution in [2.24, 2.45) is 51.2 Å². The van der Waals surface area contributed by atoms with Crippen LogP contribution in [0.3, 0.4) is 0 Å². The molecule has 0 heterocycles. The predicted octanol–water partition coefficient (Wildman–Crippen LogP) is 6.71. The van der Waals surface area contributed by atoms with E-state index < -0.39 is 0 Å². The lowest BCUT2D eigenvalue weighted by molar-refractivity contribution is -0.178. The third-order valence-corrected chi connectivity index (χ3v) is 12.7. The van der Waals surface area contributed by atoms with Crippen LogP contribution in [0.25, 0.3) is 0 Å². The first-order valence-electron chi connectivity index (χ1n) is 13.6. The maximum Gasteiger partial charge on any atom is 0.312 e. The average Bonchev–Trinajstić information content (AvgIpc) is 2.79. The van der Waals surface area contributed by atoms with Gasteiger partial charge < -0.3 is 9.84 Å². The molecule has 4 fully saturated rings. The quantitative estimate of drug-likeness (QED) is 0.354. The second kappa shape index (κ2) is 7.45. The first kappa shape index (κ1) is 23.6. The van der Waals surface area contributed by atoms with E-state index in [2.05, 4.69) is 47.3 Å². The van der Waals surface area contributed by atoms with Crippen LogP contribution in [-0.4, -0.2) is 24.3 Å². The molecule has 5 rings (SSSR count). The van der Waals surface area contributed by atoms with E-state index in [4.69, 9.17) is 4.74 Å². The van der Waals surface area contributed by atoms with Crippen LogP contribution in [0.5, 0.6) is 0 Å². The van der Waals surface area contributed by atoms with Gasteiger partial charge in [0, 0.05) is 0 Å². The summed E-state index contributed by atoms with van der Waals surface area (Å²) >= 11 is 0. The van der Waals surface area contributed by atoms with Crippen LogP contribution in [-0.2, 0) is 9.53 Å². The van der Waals surface area contributed by atoms with Crippen LogP contribution in [0.2, 0.25) is 0 Å². The first-order chi connectivity index (χ1) is 15.5. The van der Waals surface area contributed by atoms with Crippen molar-refractivity contribution in [1.82, 2.24) is 0 Å². The van der Waals surface area contributed by atoms with E-state index in [-0.39, 0.29) is 33.7 Å². The molecule has 1 N–H and O–H groups in total. The van der Waals surface area contributed by atoms with Gasteiger partial charge in [0.15, 0.2) is 0 Å². The van der Waals surface area contributed by atoms with Gasteiger partial charge in [-0.2, -0.15) is 0 Å². The molecular weight excluding hydrogens is 408 g/mol. The molecule has 0 amide bonds. The van der Waals surface area contributed by atoms with Gasteiger partial charge in [0.05, 0.1) is 18.6 Å². The Labute approximate surface area is 201 Å². The Hall–Kier alpha value is -1.09. The van der Waals surface area contributed by atoms with Gasteiger partial charge in [0.25, 0.3) is 0 Å². The number of esters is 1. The predicted molar refractivity (Wildman–Crippen MR) is 132 cm³/mol. The van der Waals surface area contributed by atoms with Crippen molar-refractivity contribution in [3.8, 4) is 0 Å². The number of carbonyl (C=O) groups excluding carboxylic acids is 1. The Bertz CT molecular complexity index is 889. The molecule has 4 saturated carbocycles. The zero-order chi connectivity index (χ0) is 24.0. The van der Waals surface area contributed by atoms with E-state index in [1.54, 1.807) is 12.7 Å². The first-order valence-corrected chi connectivity index (χ1v) is 13.6. The van der Waals surface area contributed by atoms with Gasteiger partial charge in [0.1, 0.15) is 0 Å². The number of hydrogen-bond donors (Lipinski definition) is 1. The number of aliphatic hydroxyl groups is 1. The molecule has 0 bridgehead atoms. The molecule has 5 aliphatic rings. The number of rotatable bonds is 1. The molecule has 3 nitrogen and oxygen atoms in total. The lowest BCUT2D eigenvalue weighted by Gasteiger charge is -2.70. The number of ether oxygens (including phenoxy) is 1. The molecule has 184 valence electrons. The lowest BCUT2D eigenvalue weighted by atomic mass is 9.34. The second-order valence-corrected chi connectivity index (χ2v) is 13.4. The molecule has 0 aromatic rings. The monoisotopic (exact) mass is 454 g/mol. The van der Waals surface area contributed by atoms with Gasteiger partial charge in [-0.3, -0.25) is 4.79 Å².